The second-order valence-electron chi connectivity index (χ2n) is 5.57. The molecule has 23 heavy (non-hydrogen) atoms. The smallest absolute Gasteiger partial charge is 0.229 e. The molecule has 2 amide bonds. The van der Waals surface area contributed by atoms with Crippen molar-refractivity contribution in [1.29, 1.82) is 0 Å². The maximum atomic E-state index is 11.7. The Balaban J connectivity index is 1.78. The number of nitrogens with one attached hydrogen (secondary N) is 2. The van der Waals surface area contributed by atoms with E-state index in [1.54, 1.807) is 7.05 Å². The van der Waals surface area contributed by atoms with E-state index in [0.717, 1.165) is 0 Å². The minimum atomic E-state index is -0.0779. The number of amides is 2. The summed E-state index contributed by atoms with van der Waals surface area (Å²) < 4.78 is 0. The molecular weight excluding hydrogens is 292 g/mol. The zero-order valence-corrected chi connectivity index (χ0v) is 13.8. The lowest BCUT2D eigenvalue weighted by molar-refractivity contribution is -0.147. The van der Waals surface area contributed by atoms with Crippen LogP contribution in [0.2, 0.25) is 0 Å². The molecule has 1 fully saturated rings. The number of hydrogen-bond donors (Lipinski definition) is 2. The predicted molar refractivity (Wildman–Crippen MR) is 90.0 cm³/mol. The first-order chi connectivity index (χ1) is 11.1. The Hall–Kier alpha value is -2.37. The normalized spacial score (nSPS) is 15.7. The zero-order valence-electron chi connectivity index (χ0n) is 13.8. The van der Waals surface area contributed by atoms with Crippen molar-refractivity contribution in [2.24, 2.45) is 4.99 Å². The number of hydrogen-bond acceptors (Lipinski definition) is 3. The molecule has 0 atom stereocenters. The molecule has 0 bridgehead atoms. The van der Waals surface area contributed by atoms with Crippen molar-refractivity contribution >= 4 is 17.8 Å². The van der Waals surface area contributed by atoms with Crippen LogP contribution in [0.4, 0.5) is 0 Å². The highest BCUT2D eigenvalue weighted by Gasteiger charge is 2.25. The fourth-order valence-corrected chi connectivity index (χ4v) is 2.54. The van der Waals surface area contributed by atoms with Crippen LogP contribution in [0.15, 0.2) is 29.3 Å². The molecular formula is C17H24N4O2. The van der Waals surface area contributed by atoms with Crippen molar-refractivity contribution in [3.63, 3.8) is 0 Å². The fraction of sp³-hybridized carbons (Fsp3) is 0.471. The van der Waals surface area contributed by atoms with Gasteiger partial charge in [0.15, 0.2) is 5.96 Å². The number of imide groups is 1. The average molecular weight is 316 g/mol. The van der Waals surface area contributed by atoms with Gasteiger partial charge in [-0.25, -0.2) is 0 Å². The summed E-state index contributed by atoms with van der Waals surface area (Å²) in [5.41, 5.74) is 2.43. The number of likely N-dealkylation sites (tertiary alicyclic amines) is 1. The highest BCUT2D eigenvalue weighted by Crippen LogP contribution is 2.11. The fourth-order valence-electron chi connectivity index (χ4n) is 2.54. The maximum absolute atomic E-state index is 11.7. The molecule has 6 heteroatoms. The molecule has 0 radical (unpaired) electrons. The summed E-state index contributed by atoms with van der Waals surface area (Å²) in [5.74, 6) is 0.502. The van der Waals surface area contributed by atoms with E-state index in [1.165, 1.54) is 16.0 Å². The minimum absolute atomic E-state index is 0.0779. The summed E-state index contributed by atoms with van der Waals surface area (Å²) in [7, 11) is 1.70. The summed E-state index contributed by atoms with van der Waals surface area (Å²) in [5, 5.41) is 6.38. The van der Waals surface area contributed by atoms with Gasteiger partial charge in [0.1, 0.15) is 0 Å². The molecule has 2 N–H and O–H groups in total. The summed E-state index contributed by atoms with van der Waals surface area (Å²) in [6, 6.07) is 8.16. The molecule has 0 unspecified atom stereocenters. The molecule has 1 aliphatic heterocycles. The summed E-state index contributed by atoms with van der Waals surface area (Å²) in [6.07, 6.45) is 1.60. The van der Waals surface area contributed by atoms with Crippen LogP contribution in [0.3, 0.4) is 0 Å². The van der Waals surface area contributed by atoms with Crippen molar-refractivity contribution in [3.8, 4) is 0 Å². The number of guanidine groups is 1. The van der Waals surface area contributed by atoms with Crippen LogP contribution in [0.5, 0.6) is 0 Å². The first-order valence-electron chi connectivity index (χ1n) is 7.94. The van der Waals surface area contributed by atoms with E-state index in [1.807, 2.05) is 12.1 Å². The number of aryl methyl sites for hydroxylation is 1. The third kappa shape index (κ3) is 4.81. The quantitative estimate of drug-likeness (QED) is 0.486. The van der Waals surface area contributed by atoms with Crippen LogP contribution >= 0.6 is 0 Å². The Bertz CT molecular complexity index is 582. The monoisotopic (exact) mass is 316 g/mol. The Morgan fingerprint density at radius 3 is 2.52 bits per heavy atom. The summed E-state index contributed by atoms with van der Waals surface area (Å²) >= 11 is 0. The topological polar surface area (TPSA) is 73.8 Å². The largest absolute Gasteiger partial charge is 0.355 e. The lowest BCUT2D eigenvalue weighted by Crippen LogP contribution is -2.46. The molecule has 0 aliphatic carbocycles. The third-order valence-electron chi connectivity index (χ3n) is 3.94. The van der Waals surface area contributed by atoms with Gasteiger partial charge in [-0.3, -0.25) is 19.5 Å². The summed E-state index contributed by atoms with van der Waals surface area (Å²) in [6.45, 7) is 3.61. The molecule has 124 valence electrons. The molecule has 2 rings (SSSR count). The Morgan fingerprint density at radius 2 is 1.87 bits per heavy atom. The number of nitrogens with zero attached hydrogens (tertiary/aromatic N) is 2. The number of rotatable bonds is 5. The van der Waals surface area contributed by atoms with E-state index in [4.69, 9.17) is 0 Å². The number of carbonyl (C=O) groups is 2. The van der Waals surface area contributed by atoms with E-state index in [0.29, 0.717) is 44.9 Å². The second-order valence-corrected chi connectivity index (χ2v) is 5.57. The van der Waals surface area contributed by atoms with Gasteiger partial charge in [0.05, 0.1) is 0 Å². The van der Waals surface area contributed by atoms with Gasteiger partial charge in [-0.2, -0.15) is 0 Å². The van der Waals surface area contributed by atoms with Gasteiger partial charge in [0.25, 0.3) is 0 Å². The van der Waals surface area contributed by atoms with Crippen molar-refractivity contribution in [3.05, 3.63) is 35.4 Å². The van der Waals surface area contributed by atoms with Crippen LogP contribution in [-0.4, -0.2) is 42.8 Å². The SMILES string of the molecule is CN=C(NCCN1C(=O)CCCC1=O)NCc1ccccc1C. The van der Waals surface area contributed by atoms with Gasteiger partial charge in [0.2, 0.25) is 11.8 Å². The highest BCUT2D eigenvalue weighted by atomic mass is 16.2. The van der Waals surface area contributed by atoms with Crippen molar-refractivity contribution in [2.45, 2.75) is 32.7 Å². The molecule has 0 spiro atoms. The van der Waals surface area contributed by atoms with Gasteiger partial charge < -0.3 is 10.6 Å². The average Bonchev–Trinajstić information content (AvgIpc) is 2.54. The van der Waals surface area contributed by atoms with Crippen LogP contribution in [-0.2, 0) is 16.1 Å². The number of aliphatic imine (C=N–C) groups is 1. The minimum Gasteiger partial charge on any atom is -0.355 e. The van der Waals surface area contributed by atoms with E-state index >= 15 is 0 Å². The molecule has 0 aromatic heterocycles. The van der Waals surface area contributed by atoms with E-state index in [9.17, 15) is 9.59 Å². The second kappa shape index (κ2) is 8.31. The molecule has 1 heterocycles. The highest BCUT2D eigenvalue weighted by molar-refractivity contribution is 5.97. The molecule has 1 aromatic rings. The molecule has 6 nitrogen and oxygen atoms in total. The van der Waals surface area contributed by atoms with Gasteiger partial charge >= 0.3 is 0 Å². The van der Waals surface area contributed by atoms with Crippen LogP contribution in [0.25, 0.3) is 0 Å². The Morgan fingerprint density at radius 1 is 1.17 bits per heavy atom. The predicted octanol–water partition coefficient (Wildman–Crippen LogP) is 1.20. The van der Waals surface area contributed by atoms with Crippen LogP contribution in [0, 0.1) is 6.92 Å². The first-order valence-corrected chi connectivity index (χ1v) is 7.94. The van der Waals surface area contributed by atoms with Crippen molar-refractivity contribution < 1.29 is 9.59 Å². The number of carbonyl (C=O) groups excluding carboxylic acids is 2. The number of benzene rings is 1. The van der Waals surface area contributed by atoms with Gasteiger partial charge in [0, 0.05) is 39.5 Å². The molecule has 1 aromatic carbocycles. The van der Waals surface area contributed by atoms with Crippen molar-refractivity contribution in [1.82, 2.24) is 15.5 Å². The molecule has 0 saturated carbocycles. The standard InChI is InChI=1S/C17H24N4O2/c1-13-6-3-4-7-14(13)12-20-17(18-2)19-10-11-21-15(22)8-5-9-16(21)23/h3-4,6-7H,5,8-12H2,1-2H3,(H2,18,19,20). The van der Waals surface area contributed by atoms with E-state index in [2.05, 4.69) is 34.7 Å². The third-order valence-corrected chi connectivity index (χ3v) is 3.94. The van der Waals surface area contributed by atoms with E-state index < -0.39 is 0 Å². The number of piperidine rings is 1. The van der Waals surface area contributed by atoms with Gasteiger partial charge in [-0.15, -0.1) is 0 Å². The van der Waals surface area contributed by atoms with Gasteiger partial charge in [-0.05, 0) is 24.5 Å². The summed E-state index contributed by atoms with van der Waals surface area (Å²) in [4.78, 5) is 29.0. The zero-order chi connectivity index (χ0) is 16.7. The van der Waals surface area contributed by atoms with E-state index in [-0.39, 0.29) is 11.8 Å². The van der Waals surface area contributed by atoms with Crippen molar-refractivity contribution in [2.75, 3.05) is 20.1 Å². The maximum Gasteiger partial charge on any atom is 0.229 e. The lowest BCUT2D eigenvalue weighted by Gasteiger charge is -2.25. The first kappa shape index (κ1) is 17.0. The van der Waals surface area contributed by atoms with Gasteiger partial charge in [-0.1, -0.05) is 24.3 Å². The molecule has 1 saturated heterocycles. The van der Waals surface area contributed by atoms with Crippen LogP contribution in [0.1, 0.15) is 30.4 Å². The Kier molecular flexibility index (Phi) is 6.14. The van der Waals surface area contributed by atoms with Crippen LogP contribution < -0.4 is 10.6 Å². The lowest BCUT2D eigenvalue weighted by atomic mass is 10.1. The Labute approximate surface area is 137 Å². The molecule has 1 aliphatic rings.